The third kappa shape index (κ3) is 5.54. The molecule has 0 saturated carbocycles. The molecule has 0 fully saturated rings. The van der Waals surface area contributed by atoms with Crippen molar-refractivity contribution in [2.45, 2.75) is 45.1 Å². The molecule has 7 nitrogen and oxygen atoms in total. The summed E-state index contributed by atoms with van der Waals surface area (Å²) in [5.74, 6) is 0.421. The molecule has 0 aliphatic heterocycles. The highest BCUT2D eigenvalue weighted by molar-refractivity contribution is 7.99. The van der Waals surface area contributed by atoms with Gasteiger partial charge >= 0.3 is 0 Å². The molecule has 1 aromatic carbocycles. The number of nitrogens with zero attached hydrogens (tertiary/aromatic N) is 1. The number of thiophene rings is 1. The van der Waals surface area contributed by atoms with Gasteiger partial charge in [-0.15, -0.1) is 23.1 Å². The Morgan fingerprint density at radius 1 is 1.26 bits per heavy atom. The molecular weight excluding hydrogens is 432 g/mol. The minimum absolute atomic E-state index is 0.101. The van der Waals surface area contributed by atoms with E-state index in [1.165, 1.54) is 23.1 Å². The lowest BCUT2D eigenvalue weighted by atomic mass is 10.1. The van der Waals surface area contributed by atoms with Crippen molar-refractivity contribution in [2.24, 2.45) is 0 Å². The van der Waals surface area contributed by atoms with Gasteiger partial charge in [0.05, 0.1) is 22.9 Å². The van der Waals surface area contributed by atoms with Gasteiger partial charge < -0.3 is 15.6 Å². The molecule has 1 unspecified atom stereocenters. The Morgan fingerprint density at radius 3 is 2.74 bits per heavy atom. The van der Waals surface area contributed by atoms with Crippen molar-refractivity contribution in [2.75, 3.05) is 11.9 Å². The summed E-state index contributed by atoms with van der Waals surface area (Å²) in [6.07, 6.45) is 0.809. The Labute approximate surface area is 189 Å². The summed E-state index contributed by atoms with van der Waals surface area (Å²) in [6, 6.07) is 7.59. The number of aromatic nitrogens is 2. The van der Waals surface area contributed by atoms with Crippen molar-refractivity contribution in [3.63, 3.8) is 0 Å². The van der Waals surface area contributed by atoms with E-state index in [-0.39, 0.29) is 23.9 Å². The van der Waals surface area contributed by atoms with Gasteiger partial charge in [0.2, 0.25) is 11.8 Å². The molecule has 164 valence electrons. The van der Waals surface area contributed by atoms with E-state index in [9.17, 15) is 14.4 Å². The number of hydrogen-bond acceptors (Lipinski definition) is 6. The van der Waals surface area contributed by atoms with Gasteiger partial charge in [-0.2, -0.15) is 0 Å². The lowest BCUT2D eigenvalue weighted by Crippen LogP contribution is -2.37. The molecule has 0 radical (unpaired) electrons. The second-order valence-electron chi connectivity index (χ2n) is 7.21. The van der Waals surface area contributed by atoms with Gasteiger partial charge in [0.15, 0.2) is 0 Å². The highest BCUT2D eigenvalue weighted by Gasteiger charge is 2.17. The lowest BCUT2D eigenvalue weighted by molar-refractivity contribution is -0.123. The fourth-order valence-electron chi connectivity index (χ4n) is 3.10. The maximum absolute atomic E-state index is 12.4. The first-order chi connectivity index (χ1) is 14.8. The summed E-state index contributed by atoms with van der Waals surface area (Å²) < 4.78 is 0. The zero-order chi connectivity index (χ0) is 22.5. The number of carbonyl (C=O) groups excluding carboxylic acids is 2. The maximum atomic E-state index is 12.4. The molecule has 2 aromatic heterocycles. The van der Waals surface area contributed by atoms with Crippen molar-refractivity contribution < 1.29 is 9.59 Å². The van der Waals surface area contributed by atoms with Crippen LogP contribution < -0.4 is 16.2 Å². The smallest absolute Gasteiger partial charge is 0.259 e. The van der Waals surface area contributed by atoms with E-state index in [1.807, 2.05) is 45.0 Å². The fraction of sp³-hybridized carbons (Fsp3) is 0.364. The fourth-order valence-corrected chi connectivity index (χ4v) is 4.93. The molecule has 2 amide bonds. The topological polar surface area (TPSA) is 104 Å². The van der Waals surface area contributed by atoms with Crippen LogP contribution in [0.25, 0.3) is 10.2 Å². The molecule has 0 saturated heterocycles. The standard InChI is InChI=1S/C22H26N4O3S2/c1-5-15-8-6-7-9-16(15)24-18(27)10-23-20(28)14(4)30-11-17-25-21(29)19-12(2)13(3)31-22(19)26-17/h6-9,14H,5,10-11H2,1-4H3,(H,23,28)(H,24,27)(H,25,26,29). The lowest BCUT2D eigenvalue weighted by Gasteiger charge is -2.13. The van der Waals surface area contributed by atoms with E-state index in [4.69, 9.17) is 0 Å². The van der Waals surface area contributed by atoms with Crippen LogP contribution in [0, 0.1) is 13.8 Å². The Balaban J connectivity index is 1.52. The maximum Gasteiger partial charge on any atom is 0.259 e. The first kappa shape index (κ1) is 23.0. The first-order valence-electron chi connectivity index (χ1n) is 10.1. The number of benzene rings is 1. The molecule has 9 heteroatoms. The Kier molecular flexibility index (Phi) is 7.50. The van der Waals surface area contributed by atoms with Crippen LogP contribution in [0.3, 0.4) is 0 Å². The second-order valence-corrected chi connectivity index (χ2v) is 9.74. The summed E-state index contributed by atoms with van der Waals surface area (Å²) in [4.78, 5) is 46.1. The summed E-state index contributed by atoms with van der Waals surface area (Å²) in [6.45, 7) is 7.57. The number of fused-ring (bicyclic) bond motifs is 1. The van der Waals surface area contributed by atoms with E-state index in [0.29, 0.717) is 17.0 Å². The SMILES string of the molecule is CCc1ccccc1NC(=O)CNC(=O)C(C)SCc1nc2sc(C)c(C)c2c(=O)[nH]1. The minimum Gasteiger partial charge on any atom is -0.346 e. The van der Waals surface area contributed by atoms with Crippen molar-refractivity contribution in [1.82, 2.24) is 15.3 Å². The predicted molar refractivity (Wildman–Crippen MR) is 128 cm³/mol. The van der Waals surface area contributed by atoms with Crippen LogP contribution in [0.4, 0.5) is 5.69 Å². The third-order valence-corrected chi connectivity index (χ3v) is 7.28. The molecule has 3 aromatic rings. The number of aryl methyl sites for hydroxylation is 3. The summed E-state index contributed by atoms with van der Waals surface area (Å²) in [5.41, 5.74) is 2.61. The van der Waals surface area contributed by atoms with Gasteiger partial charge in [-0.25, -0.2) is 4.98 Å². The van der Waals surface area contributed by atoms with Crippen LogP contribution in [-0.4, -0.2) is 33.6 Å². The monoisotopic (exact) mass is 458 g/mol. The van der Waals surface area contributed by atoms with Crippen LogP contribution in [0.2, 0.25) is 0 Å². The largest absolute Gasteiger partial charge is 0.346 e. The number of amides is 2. The van der Waals surface area contributed by atoms with Crippen molar-refractivity contribution in [3.05, 3.63) is 56.4 Å². The van der Waals surface area contributed by atoms with Gasteiger partial charge in [0.25, 0.3) is 5.56 Å². The average Bonchev–Trinajstić information content (AvgIpc) is 3.04. The quantitative estimate of drug-likeness (QED) is 0.479. The summed E-state index contributed by atoms with van der Waals surface area (Å²) in [7, 11) is 0. The normalized spacial score (nSPS) is 12.0. The van der Waals surface area contributed by atoms with Crippen LogP contribution >= 0.6 is 23.1 Å². The van der Waals surface area contributed by atoms with E-state index >= 15 is 0 Å². The van der Waals surface area contributed by atoms with Crippen LogP contribution in [0.1, 0.15) is 35.7 Å². The van der Waals surface area contributed by atoms with Crippen LogP contribution in [-0.2, 0) is 21.8 Å². The molecule has 0 bridgehead atoms. The summed E-state index contributed by atoms with van der Waals surface area (Å²) >= 11 is 2.85. The number of nitrogens with one attached hydrogen (secondary N) is 3. The van der Waals surface area contributed by atoms with E-state index < -0.39 is 5.25 Å². The highest BCUT2D eigenvalue weighted by atomic mass is 32.2. The van der Waals surface area contributed by atoms with Gasteiger partial charge in [-0.1, -0.05) is 25.1 Å². The Bertz CT molecular complexity index is 1170. The molecule has 0 aliphatic carbocycles. The number of rotatable bonds is 8. The zero-order valence-corrected chi connectivity index (χ0v) is 19.6. The first-order valence-corrected chi connectivity index (χ1v) is 11.9. The Hall–Kier alpha value is -2.65. The molecule has 0 aliphatic rings. The molecule has 2 heterocycles. The van der Waals surface area contributed by atoms with Gasteiger partial charge in [-0.05, 0) is 44.4 Å². The molecule has 1 atom stereocenters. The number of anilines is 1. The molecule has 0 spiro atoms. The number of aromatic amines is 1. The number of thioether (sulfide) groups is 1. The number of carbonyl (C=O) groups is 2. The van der Waals surface area contributed by atoms with E-state index in [1.54, 1.807) is 6.92 Å². The molecule has 31 heavy (non-hydrogen) atoms. The predicted octanol–water partition coefficient (Wildman–Crippen LogP) is 3.54. The summed E-state index contributed by atoms with van der Waals surface area (Å²) in [5, 5.41) is 5.74. The third-order valence-electron chi connectivity index (χ3n) is 5.02. The van der Waals surface area contributed by atoms with Crippen molar-refractivity contribution in [3.8, 4) is 0 Å². The van der Waals surface area contributed by atoms with Crippen molar-refractivity contribution >= 4 is 50.8 Å². The van der Waals surface area contributed by atoms with Crippen LogP contribution in [0.5, 0.6) is 0 Å². The van der Waals surface area contributed by atoms with Crippen LogP contribution in [0.15, 0.2) is 29.1 Å². The number of H-pyrrole nitrogens is 1. The minimum atomic E-state index is -0.400. The van der Waals surface area contributed by atoms with Gasteiger partial charge in [0, 0.05) is 10.6 Å². The average molecular weight is 459 g/mol. The number of hydrogen-bond donors (Lipinski definition) is 3. The number of para-hydroxylation sites is 1. The van der Waals surface area contributed by atoms with E-state index in [2.05, 4.69) is 20.6 Å². The van der Waals surface area contributed by atoms with Gasteiger partial charge in [-0.3, -0.25) is 14.4 Å². The highest BCUT2D eigenvalue weighted by Crippen LogP contribution is 2.26. The van der Waals surface area contributed by atoms with E-state index in [0.717, 1.165) is 32.9 Å². The molecule has 3 rings (SSSR count). The van der Waals surface area contributed by atoms with Crippen molar-refractivity contribution in [1.29, 1.82) is 0 Å². The molecular formula is C22H26N4O3S2. The molecule has 3 N–H and O–H groups in total. The zero-order valence-electron chi connectivity index (χ0n) is 18.0. The second kappa shape index (κ2) is 10.1. The van der Waals surface area contributed by atoms with Gasteiger partial charge in [0.1, 0.15) is 10.7 Å². The Morgan fingerprint density at radius 2 is 2.00 bits per heavy atom.